The Balaban J connectivity index is 1.84. The molecule has 1 aromatic heterocycles. The van der Waals surface area contributed by atoms with Crippen LogP contribution in [0.2, 0.25) is 0 Å². The molecule has 7 nitrogen and oxygen atoms in total. The second-order valence-electron chi connectivity index (χ2n) is 10.5. The number of unbranched alkanes of at least 4 members (excludes halogenated alkanes) is 10. The van der Waals surface area contributed by atoms with Crippen LogP contribution in [0.3, 0.4) is 0 Å². The second kappa shape index (κ2) is 20.4. The number of hydrogen-bond donors (Lipinski definition) is 2. The summed E-state index contributed by atoms with van der Waals surface area (Å²) in [6.45, 7) is 2.24. The predicted molar refractivity (Wildman–Crippen MR) is 164 cm³/mol. The molecular weight excluding hydrogens is 524 g/mol. The van der Waals surface area contributed by atoms with Crippen LogP contribution >= 0.6 is 11.8 Å². The number of hydrogen-bond acceptors (Lipinski definition) is 6. The highest BCUT2D eigenvalue weighted by atomic mass is 32.2. The normalized spacial score (nSPS) is 12.7. The van der Waals surface area contributed by atoms with Crippen LogP contribution in [0.5, 0.6) is 0 Å². The van der Waals surface area contributed by atoms with Crippen LogP contribution in [-0.2, 0) is 23.9 Å². The molecule has 1 aromatic carbocycles. The molecule has 2 N–H and O–H groups in total. The van der Waals surface area contributed by atoms with E-state index >= 15 is 0 Å². The molecule has 0 saturated heterocycles. The highest BCUT2D eigenvalue weighted by molar-refractivity contribution is 8.00. The average molecular weight is 575 g/mol. The van der Waals surface area contributed by atoms with E-state index in [2.05, 4.69) is 17.2 Å². The number of nitrogens with one attached hydrogen (secondary N) is 2. The van der Waals surface area contributed by atoms with Gasteiger partial charge in [-0.05, 0) is 25.3 Å². The Morgan fingerprint density at radius 2 is 1.48 bits per heavy atom. The van der Waals surface area contributed by atoms with E-state index in [9.17, 15) is 14.4 Å². The summed E-state index contributed by atoms with van der Waals surface area (Å²) in [5.41, 5.74) is 1.63. The van der Waals surface area contributed by atoms with Crippen molar-refractivity contribution in [1.82, 2.24) is 10.3 Å². The number of ether oxygens (including phenoxy) is 2. The molecule has 8 heteroatoms. The highest BCUT2D eigenvalue weighted by Gasteiger charge is 2.26. The van der Waals surface area contributed by atoms with Gasteiger partial charge < -0.3 is 19.8 Å². The van der Waals surface area contributed by atoms with E-state index in [1.807, 2.05) is 24.3 Å². The van der Waals surface area contributed by atoms with Crippen LogP contribution in [0.25, 0.3) is 10.9 Å². The molecule has 0 radical (unpaired) electrons. The Morgan fingerprint density at radius 1 is 0.850 bits per heavy atom. The molecule has 2 rings (SSSR count). The Hall–Kier alpha value is -2.48. The van der Waals surface area contributed by atoms with Gasteiger partial charge in [-0.1, -0.05) is 95.8 Å². The van der Waals surface area contributed by atoms with Gasteiger partial charge in [0.25, 0.3) is 0 Å². The van der Waals surface area contributed by atoms with E-state index < -0.39 is 12.0 Å². The molecule has 40 heavy (non-hydrogen) atoms. The van der Waals surface area contributed by atoms with Crippen LogP contribution in [-0.4, -0.2) is 48.1 Å². The summed E-state index contributed by atoms with van der Waals surface area (Å²) in [5.74, 6) is -0.426. The lowest BCUT2D eigenvalue weighted by atomic mass is 10.0. The zero-order valence-corrected chi connectivity index (χ0v) is 25.6. The first-order valence-electron chi connectivity index (χ1n) is 15.1. The summed E-state index contributed by atoms with van der Waals surface area (Å²) in [4.78, 5) is 40.0. The number of rotatable bonds is 22. The maximum Gasteiger partial charge on any atom is 0.333 e. The molecule has 0 fully saturated rings. The fourth-order valence-corrected chi connectivity index (χ4v) is 6.16. The second-order valence-corrected chi connectivity index (χ2v) is 11.8. The van der Waals surface area contributed by atoms with Crippen molar-refractivity contribution in [2.24, 2.45) is 0 Å². The van der Waals surface area contributed by atoms with Gasteiger partial charge in [0.05, 0.1) is 20.0 Å². The van der Waals surface area contributed by atoms with Crippen molar-refractivity contribution < 1.29 is 23.9 Å². The zero-order valence-electron chi connectivity index (χ0n) is 24.8. The Morgan fingerprint density at radius 3 is 2.12 bits per heavy atom. The summed E-state index contributed by atoms with van der Waals surface area (Å²) >= 11 is 1.71. The third-order valence-corrected chi connectivity index (χ3v) is 8.76. The fourth-order valence-electron chi connectivity index (χ4n) is 5.02. The summed E-state index contributed by atoms with van der Waals surface area (Å²) in [5, 5.41) is 4.26. The molecule has 2 atom stereocenters. The number of carbonyl (C=O) groups excluding carboxylic acids is 3. The van der Waals surface area contributed by atoms with Gasteiger partial charge in [0.1, 0.15) is 0 Å². The number of fused-ring (bicyclic) bond motifs is 1. The fraction of sp³-hybridized carbons (Fsp3) is 0.656. The maximum absolute atomic E-state index is 13.0. The monoisotopic (exact) mass is 574 g/mol. The maximum atomic E-state index is 13.0. The molecule has 0 spiro atoms. The molecule has 0 bridgehead atoms. The van der Waals surface area contributed by atoms with E-state index in [0.717, 1.165) is 55.0 Å². The molecule has 0 aliphatic carbocycles. The number of methoxy groups -OCH3 is 2. The van der Waals surface area contributed by atoms with Gasteiger partial charge in [-0.3, -0.25) is 9.59 Å². The molecule has 1 unspecified atom stereocenters. The minimum absolute atomic E-state index is 0.127. The number of esters is 2. The Labute approximate surface area is 244 Å². The van der Waals surface area contributed by atoms with E-state index in [1.54, 1.807) is 18.0 Å². The Bertz CT molecular complexity index is 1010. The lowest BCUT2D eigenvalue weighted by Gasteiger charge is -2.19. The predicted octanol–water partition coefficient (Wildman–Crippen LogP) is 7.64. The first-order chi connectivity index (χ1) is 19.5. The van der Waals surface area contributed by atoms with Crippen molar-refractivity contribution in [3.8, 4) is 0 Å². The molecule has 224 valence electrons. The number of amides is 1. The summed E-state index contributed by atoms with van der Waals surface area (Å²) in [7, 11) is 2.79. The van der Waals surface area contributed by atoms with Crippen molar-refractivity contribution >= 4 is 40.5 Å². The van der Waals surface area contributed by atoms with Gasteiger partial charge in [0.2, 0.25) is 5.91 Å². The van der Waals surface area contributed by atoms with Gasteiger partial charge in [0, 0.05) is 34.3 Å². The molecule has 1 heterocycles. The lowest BCUT2D eigenvalue weighted by molar-refractivity contribution is -0.145. The molecule has 2 aromatic rings. The lowest BCUT2D eigenvalue weighted by Crippen LogP contribution is -2.35. The third-order valence-electron chi connectivity index (χ3n) is 7.39. The van der Waals surface area contributed by atoms with Crippen LogP contribution in [0, 0.1) is 0 Å². The third kappa shape index (κ3) is 12.8. The number of H-pyrrole nitrogens is 1. The standard InChI is InChI=1S/C32H50N2O5S/c1-4-5-6-7-10-13-18-25(19-14-11-8-9-12-15-22-30(36)38-2)40-24-29(35)34-31(32(37)39-3)27-23-33-28-21-17-16-20-26(27)28/h16-17,20-21,23,25,31,33H,4-15,18-19,22,24H2,1-3H3,(H,34,35)/t25?,31-/m0/s1. The molecular formula is C32H50N2O5S. The highest BCUT2D eigenvalue weighted by Crippen LogP contribution is 2.27. The van der Waals surface area contributed by atoms with Crippen LogP contribution in [0.15, 0.2) is 30.5 Å². The number of aromatic nitrogens is 1. The van der Waals surface area contributed by atoms with Crippen LogP contribution in [0.4, 0.5) is 0 Å². The average Bonchev–Trinajstić information content (AvgIpc) is 3.40. The summed E-state index contributed by atoms with van der Waals surface area (Å²) in [6.07, 6.45) is 18.6. The van der Waals surface area contributed by atoms with Crippen molar-refractivity contribution in [3.05, 3.63) is 36.0 Å². The minimum Gasteiger partial charge on any atom is -0.469 e. The van der Waals surface area contributed by atoms with Gasteiger partial charge in [0.15, 0.2) is 6.04 Å². The first-order valence-corrected chi connectivity index (χ1v) is 16.2. The largest absolute Gasteiger partial charge is 0.469 e. The van der Waals surface area contributed by atoms with Crippen molar-refractivity contribution in [1.29, 1.82) is 0 Å². The molecule has 0 saturated carbocycles. The zero-order chi connectivity index (χ0) is 29.0. The number of para-hydroxylation sites is 1. The van der Waals surface area contributed by atoms with Gasteiger partial charge >= 0.3 is 11.9 Å². The molecule has 0 aliphatic heterocycles. The number of aromatic amines is 1. The smallest absolute Gasteiger partial charge is 0.333 e. The Kier molecular flexibility index (Phi) is 17.2. The van der Waals surface area contributed by atoms with Crippen molar-refractivity contribution in [2.75, 3.05) is 20.0 Å². The quantitative estimate of drug-likeness (QED) is 0.111. The number of carbonyl (C=O) groups is 3. The molecule has 0 aliphatic rings. The summed E-state index contributed by atoms with van der Waals surface area (Å²) < 4.78 is 9.73. The SMILES string of the molecule is CCCCCCCCC(CCCCCCCCC(=O)OC)SCC(=O)N[C@H](C(=O)OC)c1c[nH]c2ccccc12. The van der Waals surface area contributed by atoms with Crippen molar-refractivity contribution in [2.45, 2.75) is 115 Å². The van der Waals surface area contributed by atoms with E-state index in [-0.39, 0.29) is 11.9 Å². The van der Waals surface area contributed by atoms with Gasteiger partial charge in [-0.15, -0.1) is 11.8 Å². The van der Waals surface area contributed by atoms with E-state index in [4.69, 9.17) is 9.47 Å². The number of thioether (sulfide) groups is 1. The molecule has 1 amide bonds. The van der Waals surface area contributed by atoms with E-state index in [1.165, 1.54) is 65.6 Å². The first kappa shape index (κ1) is 33.7. The van der Waals surface area contributed by atoms with Crippen LogP contribution < -0.4 is 5.32 Å². The van der Waals surface area contributed by atoms with Crippen LogP contribution in [0.1, 0.15) is 115 Å². The van der Waals surface area contributed by atoms with Crippen molar-refractivity contribution in [3.63, 3.8) is 0 Å². The van der Waals surface area contributed by atoms with E-state index in [0.29, 0.717) is 17.4 Å². The topological polar surface area (TPSA) is 97.5 Å². The minimum atomic E-state index is -0.842. The summed E-state index contributed by atoms with van der Waals surface area (Å²) in [6, 6.07) is 6.89. The van der Waals surface area contributed by atoms with Gasteiger partial charge in [-0.25, -0.2) is 4.79 Å². The van der Waals surface area contributed by atoms with Gasteiger partial charge in [-0.2, -0.15) is 0 Å². The number of benzene rings is 1.